The second kappa shape index (κ2) is 5.60. The number of aryl methyl sites for hydroxylation is 1. The van der Waals surface area contributed by atoms with Crippen LogP contribution in [-0.4, -0.2) is 15.9 Å². The Morgan fingerprint density at radius 1 is 1.25 bits per heavy atom. The van der Waals surface area contributed by atoms with Gasteiger partial charge in [0.05, 0.1) is 5.69 Å². The lowest BCUT2D eigenvalue weighted by Crippen LogP contribution is -2.15. The van der Waals surface area contributed by atoms with E-state index in [0.717, 1.165) is 34.7 Å². The predicted molar refractivity (Wildman–Crippen MR) is 95.5 cm³/mol. The number of amides is 1. The fourth-order valence-corrected chi connectivity index (χ4v) is 2.84. The quantitative estimate of drug-likeness (QED) is 0.774. The number of aromatic nitrogens is 2. The Bertz CT molecular complexity index is 947. The standard InChI is InChI=1S/C19H18N4O/c1-11-6-7-21-10-16(11)13-4-5-15-14(8-13)9-22-18(17(15)20)23-19(24)12-2-3-12/h4-10,12H,2-3,20H2,1H3,(H,22,23,24). The van der Waals surface area contributed by atoms with Gasteiger partial charge in [-0.15, -0.1) is 0 Å². The molecule has 0 aliphatic heterocycles. The zero-order valence-electron chi connectivity index (χ0n) is 13.4. The molecule has 0 saturated heterocycles. The largest absolute Gasteiger partial charge is 0.395 e. The van der Waals surface area contributed by atoms with Gasteiger partial charge in [-0.3, -0.25) is 9.78 Å². The number of hydrogen-bond donors (Lipinski definition) is 2. The molecular weight excluding hydrogens is 300 g/mol. The number of nitrogens with two attached hydrogens (primary N) is 1. The van der Waals surface area contributed by atoms with Crippen molar-refractivity contribution in [3.05, 3.63) is 48.4 Å². The molecule has 1 fully saturated rings. The Labute approximate surface area is 139 Å². The minimum absolute atomic E-state index is 0.0103. The van der Waals surface area contributed by atoms with Gasteiger partial charge in [-0.2, -0.15) is 0 Å². The summed E-state index contributed by atoms with van der Waals surface area (Å²) < 4.78 is 0. The third-order valence-electron chi connectivity index (χ3n) is 4.47. The van der Waals surface area contributed by atoms with E-state index in [2.05, 4.69) is 28.3 Å². The van der Waals surface area contributed by atoms with Crippen LogP contribution in [0.1, 0.15) is 18.4 Å². The maximum atomic E-state index is 11.9. The van der Waals surface area contributed by atoms with Crippen molar-refractivity contribution in [2.24, 2.45) is 5.92 Å². The van der Waals surface area contributed by atoms with E-state index in [4.69, 9.17) is 5.73 Å². The first-order chi connectivity index (χ1) is 11.6. The van der Waals surface area contributed by atoms with Gasteiger partial charge in [0, 0.05) is 40.8 Å². The molecule has 1 amide bonds. The third-order valence-corrected chi connectivity index (χ3v) is 4.47. The summed E-state index contributed by atoms with van der Waals surface area (Å²) in [5.41, 5.74) is 10.1. The Balaban J connectivity index is 1.73. The number of anilines is 2. The summed E-state index contributed by atoms with van der Waals surface area (Å²) in [6.45, 7) is 2.06. The lowest BCUT2D eigenvalue weighted by molar-refractivity contribution is -0.117. The number of nitrogens with zero attached hydrogens (tertiary/aromatic N) is 2. The van der Waals surface area contributed by atoms with Crippen LogP contribution in [0.25, 0.3) is 21.9 Å². The molecule has 0 spiro atoms. The van der Waals surface area contributed by atoms with E-state index in [-0.39, 0.29) is 11.8 Å². The minimum Gasteiger partial charge on any atom is -0.395 e. The number of nitrogens with one attached hydrogen (secondary N) is 1. The molecule has 0 unspecified atom stereocenters. The fraction of sp³-hybridized carbons (Fsp3) is 0.211. The Hall–Kier alpha value is -2.95. The van der Waals surface area contributed by atoms with Gasteiger partial charge >= 0.3 is 0 Å². The van der Waals surface area contributed by atoms with E-state index < -0.39 is 0 Å². The molecule has 2 heterocycles. The molecule has 4 rings (SSSR count). The zero-order valence-corrected chi connectivity index (χ0v) is 13.4. The summed E-state index contributed by atoms with van der Waals surface area (Å²) in [5.74, 6) is 0.582. The van der Waals surface area contributed by atoms with Crippen LogP contribution < -0.4 is 11.1 Å². The van der Waals surface area contributed by atoms with Gasteiger partial charge in [-0.05, 0) is 43.0 Å². The SMILES string of the molecule is Cc1ccncc1-c1ccc2c(N)c(NC(=O)C3CC3)ncc2c1. The van der Waals surface area contributed by atoms with Crippen LogP contribution >= 0.6 is 0 Å². The van der Waals surface area contributed by atoms with Crippen molar-refractivity contribution in [3.8, 4) is 11.1 Å². The molecule has 1 saturated carbocycles. The average Bonchev–Trinajstić information content (AvgIpc) is 3.42. The number of pyridine rings is 2. The minimum atomic E-state index is 0.0103. The van der Waals surface area contributed by atoms with Crippen molar-refractivity contribution in [3.63, 3.8) is 0 Å². The normalized spacial score (nSPS) is 13.9. The first kappa shape index (κ1) is 14.6. The summed E-state index contributed by atoms with van der Waals surface area (Å²) >= 11 is 0. The smallest absolute Gasteiger partial charge is 0.228 e. The summed E-state index contributed by atoms with van der Waals surface area (Å²) in [6.07, 6.45) is 7.30. The molecule has 24 heavy (non-hydrogen) atoms. The Morgan fingerprint density at radius 3 is 2.83 bits per heavy atom. The first-order valence-electron chi connectivity index (χ1n) is 8.03. The molecule has 120 valence electrons. The van der Waals surface area contributed by atoms with Crippen molar-refractivity contribution in [1.82, 2.24) is 9.97 Å². The highest BCUT2D eigenvalue weighted by molar-refractivity contribution is 6.03. The number of nitrogen functional groups attached to an aromatic ring is 1. The fourth-order valence-electron chi connectivity index (χ4n) is 2.84. The van der Waals surface area contributed by atoms with Crippen LogP contribution in [0.15, 0.2) is 42.9 Å². The van der Waals surface area contributed by atoms with Gasteiger partial charge in [0.1, 0.15) is 0 Å². The highest BCUT2D eigenvalue weighted by atomic mass is 16.2. The molecule has 0 atom stereocenters. The van der Waals surface area contributed by atoms with E-state index in [9.17, 15) is 4.79 Å². The molecule has 5 heteroatoms. The van der Waals surface area contributed by atoms with Crippen molar-refractivity contribution >= 4 is 28.2 Å². The third kappa shape index (κ3) is 2.58. The van der Waals surface area contributed by atoms with Crippen LogP contribution in [0.3, 0.4) is 0 Å². The molecule has 0 bridgehead atoms. The topological polar surface area (TPSA) is 80.9 Å². The second-order valence-electron chi connectivity index (χ2n) is 6.28. The van der Waals surface area contributed by atoms with E-state index in [1.165, 1.54) is 5.56 Å². The van der Waals surface area contributed by atoms with Gasteiger partial charge in [0.2, 0.25) is 5.91 Å². The second-order valence-corrected chi connectivity index (χ2v) is 6.28. The number of carbonyl (C=O) groups excluding carboxylic acids is 1. The molecule has 2 aromatic heterocycles. The van der Waals surface area contributed by atoms with Crippen LogP contribution in [-0.2, 0) is 4.79 Å². The van der Waals surface area contributed by atoms with E-state index in [1.54, 1.807) is 12.4 Å². The van der Waals surface area contributed by atoms with Crippen molar-refractivity contribution in [2.75, 3.05) is 11.1 Å². The predicted octanol–water partition coefficient (Wildman–Crippen LogP) is 3.54. The lowest BCUT2D eigenvalue weighted by atomic mass is 10.00. The number of hydrogen-bond acceptors (Lipinski definition) is 4. The zero-order chi connectivity index (χ0) is 16.7. The Morgan fingerprint density at radius 2 is 2.08 bits per heavy atom. The van der Waals surface area contributed by atoms with Gasteiger partial charge in [-0.1, -0.05) is 12.1 Å². The van der Waals surface area contributed by atoms with E-state index in [0.29, 0.717) is 11.5 Å². The van der Waals surface area contributed by atoms with Gasteiger partial charge in [-0.25, -0.2) is 4.98 Å². The molecule has 0 radical (unpaired) electrons. The van der Waals surface area contributed by atoms with Crippen LogP contribution in [0, 0.1) is 12.8 Å². The maximum absolute atomic E-state index is 11.9. The molecule has 5 nitrogen and oxygen atoms in total. The van der Waals surface area contributed by atoms with Crippen LogP contribution in [0.2, 0.25) is 0 Å². The van der Waals surface area contributed by atoms with Crippen molar-refractivity contribution in [2.45, 2.75) is 19.8 Å². The van der Waals surface area contributed by atoms with Gasteiger partial charge < -0.3 is 11.1 Å². The molecular formula is C19H18N4O. The Kier molecular flexibility index (Phi) is 3.41. The van der Waals surface area contributed by atoms with Crippen molar-refractivity contribution < 1.29 is 4.79 Å². The molecule has 3 N–H and O–H groups in total. The highest BCUT2D eigenvalue weighted by Gasteiger charge is 2.30. The maximum Gasteiger partial charge on any atom is 0.228 e. The van der Waals surface area contributed by atoms with Crippen molar-refractivity contribution in [1.29, 1.82) is 0 Å². The van der Waals surface area contributed by atoms with Crippen LogP contribution in [0.5, 0.6) is 0 Å². The molecule has 1 aromatic carbocycles. The van der Waals surface area contributed by atoms with Gasteiger partial charge in [0.25, 0.3) is 0 Å². The monoisotopic (exact) mass is 318 g/mol. The van der Waals surface area contributed by atoms with E-state index in [1.807, 2.05) is 24.4 Å². The summed E-state index contributed by atoms with van der Waals surface area (Å²) in [4.78, 5) is 20.5. The van der Waals surface area contributed by atoms with Gasteiger partial charge in [0.15, 0.2) is 5.82 Å². The van der Waals surface area contributed by atoms with E-state index >= 15 is 0 Å². The highest BCUT2D eigenvalue weighted by Crippen LogP contribution is 2.33. The number of fused-ring (bicyclic) bond motifs is 1. The summed E-state index contributed by atoms with van der Waals surface area (Å²) in [6, 6.07) is 8.04. The molecule has 1 aliphatic rings. The average molecular weight is 318 g/mol. The lowest BCUT2D eigenvalue weighted by Gasteiger charge is -2.11. The molecule has 3 aromatic rings. The summed E-state index contributed by atoms with van der Waals surface area (Å²) in [7, 11) is 0. The van der Waals surface area contributed by atoms with Crippen LogP contribution in [0.4, 0.5) is 11.5 Å². The first-order valence-corrected chi connectivity index (χ1v) is 8.03. The number of benzene rings is 1. The number of carbonyl (C=O) groups is 1. The summed E-state index contributed by atoms with van der Waals surface area (Å²) in [5, 5.41) is 4.67. The number of rotatable bonds is 3. The molecule has 1 aliphatic carbocycles.